The Bertz CT molecular complexity index is 917. The van der Waals surface area contributed by atoms with Crippen LogP contribution in [0.4, 0.5) is 4.39 Å². The number of aromatic nitrogens is 2. The van der Waals surface area contributed by atoms with Crippen molar-refractivity contribution >= 4 is 27.5 Å². The van der Waals surface area contributed by atoms with Crippen molar-refractivity contribution in [3.8, 4) is 11.1 Å². The fourth-order valence-electron chi connectivity index (χ4n) is 2.12. The van der Waals surface area contributed by atoms with Crippen LogP contribution < -0.4 is 5.56 Å². The molecule has 0 saturated heterocycles. The van der Waals surface area contributed by atoms with Crippen LogP contribution in [0.5, 0.6) is 0 Å². The fourth-order valence-corrected chi connectivity index (χ4v) is 3.06. The summed E-state index contributed by atoms with van der Waals surface area (Å²) in [6, 6.07) is 6.19. The molecule has 22 heavy (non-hydrogen) atoms. The van der Waals surface area contributed by atoms with E-state index in [2.05, 4.69) is 9.97 Å². The van der Waals surface area contributed by atoms with Gasteiger partial charge in [0.1, 0.15) is 10.6 Å². The van der Waals surface area contributed by atoms with E-state index in [9.17, 15) is 14.0 Å². The normalized spacial score (nSPS) is 10.8. The van der Waals surface area contributed by atoms with Crippen molar-refractivity contribution in [3.63, 3.8) is 0 Å². The Morgan fingerprint density at radius 1 is 1.36 bits per heavy atom. The van der Waals surface area contributed by atoms with Gasteiger partial charge >= 0.3 is 5.97 Å². The molecular formula is C15H11FN2O3S. The number of fused-ring (bicyclic) bond motifs is 1. The fraction of sp³-hybridized carbons (Fsp3) is 0.133. The minimum atomic E-state index is -0.692. The average molecular weight is 318 g/mol. The number of aromatic amines is 1. The molecule has 0 radical (unpaired) electrons. The Morgan fingerprint density at radius 3 is 2.86 bits per heavy atom. The summed E-state index contributed by atoms with van der Waals surface area (Å²) < 4.78 is 18.7. The van der Waals surface area contributed by atoms with Gasteiger partial charge in [0.2, 0.25) is 5.82 Å². The Morgan fingerprint density at radius 2 is 2.14 bits per heavy atom. The first-order valence-electron chi connectivity index (χ1n) is 6.55. The molecule has 7 heteroatoms. The SMILES string of the molecule is CCOC(=O)c1nc2scc(-c3ccccc3F)c2c(=O)[nH]1. The highest BCUT2D eigenvalue weighted by Gasteiger charge is 2.18. The second-order valence-corrected chi connectivity index (χ2v) is 5.30. The highest BCUT2D eigenvalue weighted by atomic mass is 32.1. The molecule has 0 unspecified atom stereocenters. The number of benzene rings is 1. The molecule has 0 bridgehead atoms. The van der Waals surface area contributed by atoms with E-state index in [1.165, 1.54) is 17.4 Å². The predicted molar refractivity (Wildman–Crippen MR) is 81.6 cm³/mol. The number of carbonyl (C=O) groups excluding carboxylic acids is 1. The van der Waals surface area contributed by atoms with Gasteiger partial charge in [0.15, 0.2) is 0 Å². The third kappa shape index (κ3) is 2.39. The zero-order valence-corrected chi connectivity index (χ0v) is 12.4. The maximum atomic E-state index is 13.9. The first kappa shape index (κ1) is 14.4. The summed E-state index contributed by atoms with van der Waals surface area (Å²) in [5.41, 5.74) is 0.291. The molecule has 2 heterocycles. The van der Waals surface area contributed by atoms with Gasteiger partial charge in [-0.1, -0.05) is 18.2 Å². The molecule has 0 aliphatic heterocycles. The zero-order valence-electron chi connectivity index (χ0n) is 11.6. The van der Waals surface area contributed by atoms with Gasteiger partial charge in [-0.2, -0.15) is 0 Å². The van der Waals surface area contributed by atoms with Crippen LogP contribution in [0.2, 0.25) is 0 Å². The topological polar surface area (TPSA) is 72.0 Å². The standard InChI is InChI=1S/C15H11FN2O3S/c1-2-21-15(20)12-17-13(19)11-9(7-22-14(11)18-12)8-5-3-4-6-10(8)16/h3-7H,2H2,1H3,(H,17,18,19). The number of thiophene rings is 1. The summed E-state index contributed by atoms with van der Waals surface area (Å²) in [5.74, 6) is -1.26. The smallest absolute Gasteiger partial charge is 0.374 e. The van der Waals surface area contributed by atoms with Crippen molar-refractivity contribution in [1.29, 1.82) is 0 Å². The summed E-state index contributed by atoms with van der Waals surface area (Å²) in [6.07, 6.45) is 0. The molecule has 3 rings (SSSR count). The van der Waals surface area contributed by atoms with Crippen LogP contribution in [0.1, 0.15) is 17.5 Å². The highest BCUT2D eigenvalue weighted by molar-refractivity contribution is 7.17. The van der Waals surface area contributed by atoms with E-state index in [1.807, 2.05) is 0 Å². The lowest BCUT2D eigenvalue weighted by molar-refractivity contribution is 0.0512. The van der Waals surface area contributed by atoms with Crippen LogP contribution in [0.3, 0.4) is 0 Å². The third-order valence-electron chi connectivity index (χ3n) is 3.08. The first-order chi connectivity index (χ1) is 10.6. The van der Waals surface area contributed by atoms with E-state index in [0.717, 1.165) is 0 Å². The van der Waals surface area contributed by atoms with Crippen LogP contribution >= 0.6 is 11.3 Å². The van der Waals surface area contributed by atoms with Gasteiger partial charge < -0.3 is 9.72 Å². The third-order valence-corrected chi connectivity index (χ3v) is 3.95. The molecular weight excluding hydrogens is 307 g/mol. The molecule has 5 nitrogen and oxygen atoms in total. The number of rotatable bonds is 3. The Kier molecular flexibility index (Phi) is 3.72. The number of carbonyl (C=O) groups is 1. The second-order valence-electron chi connectivity index (χ2n) is 4.44. The molecule has 2 aromatic heterocycles. The predicted octanol–water partition coefficient (Wildman–Crippen LogP) is 2.97. The minimum absolute atomic E-state index is 0.152. The number of esters is 1. The van der Waals surface area contributed by atoms with Crippen LogP contribution in [0.15, 0.2) is 34.4 Å². The molecule has 0 aliphatic carbocycles. The Hall–Kier alpha value is -2.54. The van der Waals surface area contributed by atoms with E-state index < -0.39 is 17.3 Å². The molecule has 0 aliphatic rings. The van der Waals surface area contributed by atoms with E-state index in [1.54, 1.807) is 30.5 Å². The van der Waals surface area contributed by atoms with Gasteiger partial charge in [0.05, 0.1) is 12.0 Å². The number of hydrogen-bond acceptors (Lipinski definition) is 5. The second kappa shape index (κ2) is 5.69. The van der Waals surface area contributed by atoms with Gasteiger partial charge in [-0.15, -0.1) is 11.3 Å². The number of H-pyrrole nitrogens is 1. The lowest BCUT2D eigenvalue weighted by Crippen LogP contribution is -2.17. The monoisotopic (exact) mass is 318 g/mol. The van der Waals surface area contributed by atoms with Crippen LogP contribution in [0, 0.1) is 5.82 Å². The van der Waals surface area contributed by atoms with E-state index >= 15 is 0 Å². The first-order valence-corrected chi connectivity index (χ1v) is 7.43. The molecule has 112 valence electrons. The zero-order chi connectivity index (χ0) is 15.7. The van der Waals surface area contributed by atoms with Crippen molar-refractivity contribution in [1.82, 2.24) is 9.97 Å². The summed E-state index contributed by atoms with van der Waals surface area (Å²) in [4.78, 5) is 30.8. The molecule has 0 atom stereocenters. The van der Waals surface area contributed by atoms with Crippen molar-refractivity contribution in [3.05, 3.63) is 51.6 Å². The molecule has 0 saturated carbocycles. The van der Waals surface area contributed by atoms with E-state index in [0.29, 0.717) is 16.0 Å². The quantitative estimate of drug-likeness (QED) is 0.754. The van der Waals surface area contributed by atoms with Crippen LogP contribution in [-0.2, 0) is 4.74 Å². The maximum Gasteiger partial charge on any atom is 0.374 e. The average Bonchev–Trinajstić information content (AvgIpc) is 2.92. The van der Waals surface area contributed by atoms with Crippen molar-refractivity contribution < 1.29 is 13.9 Å². The van der Waals surface area contributed by atoms with E-state index in [4.69, 9.17) is 4.74 Å². The van der Waals surface area contributed by atoms with Crippen LogP contribution in [0.25, 0.3) is 21.3 Å². The molecule has 3 aromatic rings. The van der Waals surface area contributed by atoms with Crippen molar-refractivity contribution in [2.24, 2.45) is 0 Å². The highest BCUT2D eigenvalue weighted by Crippen LogP contribution is 2.32. The van der Waals surface area contributed by atoms with Gasteiger partial charge in [-0.3, -0.25) is 4.79 Å². The maximum absolute atomic E-state index is 13.9. The van der Waals surface area contributed by atoms with Gasteiger partial charge in [-0.25, -0.2) is 14.2 Å². The molecule has 1 aromatic carbocycles. The number of nitrogens with zero attached hydrogens (tertiary/aromatic N) is 1. The molecule has 0 spiro atoms. The van der Waals surface area contributed by atoms with Crippen molar-refractivity contribution in [2.45, 2.75) is 6.92 Å². The Balaban J connectivity index is 2.19. The van der Waals surface area contributed by atoms with E-state index in [-0.39, 0.29) is 17.8 Å². The summed E-state index contributed by atoms with van der Waals surface area (Å²) >= 11 is 1.18. The number of hydrogen-bond donors (Lipinski definition) is 1. The largest absolute Gasteiger partial charge is 0.460 e. The van der Waals surface area contributed by atoms with Gasteiger partial charge in [0.25, 0.3) is 5.56 Å². The lowest BCUT2D eigenvalue weighted by atomic mass is 10.1. The molecule has 1 N–H and O–H groups in total. The summed E-state index contributed by atoms with van der Waals surface area (Å²) in [5, 5.41) is 1.92. The Labute approximate surface area is 128 Å². The molecule has 0 fully saturated rings. The van der Waals surface area contributed by atoms with Crippen molar-refractivity contribution in [2.75, 3.05) is 6.61 Å². The summed E-state index contributed by atoms with van der Waals surface area (Å²) in [7, 11) is 0. The van der Waals surface area contributed by atoms with Gasteiger partial charge in [-0.05, 0) is 13.0 Å². The lowest BCUT2D eigenvalue weighted by Gasteiger charge is -2.02. The molecule has 0 amide bonds. The van der Waals surface area contributed by atoms with Gasteiger partial charge in [0, 0.05) is 16.5 Å². The van der Waals surface area contributed by atoms with Crippen LogP contribution in [-0.4, -0.2) is 22.5 Å². The minimum Gasteiger partial charge on any atom is -0.460 e. The number of nitrogens with one attached hydrogen (secondary N) is 1. The number of halogens is 1. The summed E-state index contributed by atoms with van der Waals surface area (Å²) in [6.45, 7) is 1.85. The number of ether oxygens (including phenoxy) is 1.